The molecule has 1 aliphatic heterocycles. The van der Waals surface area contributed by atoms with E-state index in [1.54, 1.807) is 32.4 Å². The molecule has 2 fully saturated rings. The smallest absolute Gasteiger partial charge is 0.326 e. The van der Waals surface area contributed by atoms with Crippen LogP contribution in [0.1, 0.15) is 37.7 Å². The third-order valence-electron chi connectivity index (χ3n) is 4.74. The van der Waals surface area contributed by atoms with E-state index in [1.807, 2.05) is 6.07 Å². The van der Waals surface area contributed by atoms with Gasteiger partial charge in [-0.1, -0.05) is 30.4 Å². The third kappa shape index (κ3) is 4.86. The maximum atomic E-state index is 12.7. The fourth-order valence-electron chi connectivity index (χ4n) is 3.25. The Bertz CT molecular complexity index is 802. The molecule has 1 aliphatic carbocycles. The van der Waals surface area contributed by atoms with Crippen molar-refractivity contribution in [2.24, 2.45) is 0 Å². The summed E-state index contributed by atoms with van der Waals surface area (Å²) in [5, 5.41) is 0. The summed E-state index contributed by atoms with van der Waals surface area (Å²) >= 11 is 6.47. The van der Waals surface area contributed by atoms with Crippen LogP contribution in [0.3, 0.4) is 0 Å². The molecule has 0 unspecified atom stereocenters. The molecular weight excluding hydrogens is 398 g/mol. The van der Waals surface area contributed by atoms with E-state index in [0.717, 1.165) is 31.2 Å². The van der Waals surface area contributed by atoms with Crippen molar-refractivity contribution in [2.45, 2.75) is 38.2 Å². The highest BCUT2D eigenvalue weighted by Crippen LogP contribution is 2.35. The number of nitrogens with zero attached hydrogens (tertiary/aromatic N) is 1. The van der Waals surface area contributed by atoms with Crippen molar-refractivity contribution in [3.8, 4) is 11.5 Å². The highest BCUT2D eigenvalue weighted by Gasteiger charge is 2.34. The normalized spacial score (nSPS) is 19.2. The highest BCUT2D eigenvalue weighted by molar-refractivity contribution is 8.26. The van der Waals surface area contributed by atoms with E-state index in [1.165, 1.54) is 23.1 Å². The zero-order valence-electron chi connectivity index (χ0n) is 15.9. The SMILES string of the molecule is COc1ccc(/C=C2\SC(=S)N(CC(=O)OC3CCCCC3)C2=O)c(OC)c1. The molecule has 1 saturated carbocycles. The molecule has 0 radical (unpaired) electrons. The van der Waals surface area contributed by atoms with Gasteiger partial charge in [-0.25, -0.2) is 0 Å². The van der Waals surface area contributed by atoms with Crippen LogP contribution in [0.5, 0.6) is 11.5 Å². The molecule has 0 spiro atoms. The van der Waals surface area contributed by atoms with Crippen molar-refractivity contribution in [2.75, 3.05) is 20.8 Å². The molecule has 0 bridgehead atoms. The number of esters is 1. The fourth-order valence-corrected chi connectivity index (χ4v) is 4.50. The highest BCUT2D eigenvalue weighted by atomic mass is 32.2. The molecule has 1 heterocycles. The summed E-state index contributed by atoms with van der Waals surface area (Å²) in [4.78, 5) is 26.7. The van der Waals surface area contributed by atoms with Gasteiger partial charge < -0.3 is 14.2 Å². The largest absolute Gasteiger partial charge is 0.497 e. The van der Waals surface area contributed by atoms with Crippen LogP contribution in [-0.4, -0.2) is 48.0 Å². The number of amides is 1. The lowest BCUT2D eigenvalue weighted by atomic mass is 9.98. The molecule has 2 aliphatic rings. The first-order valence-electron chi connectivity index (χ1n) is 9.18. The van der Waals surface area contributed by atoms with E-state index in [-0.39, 0.29) is 18.6 Å². The van der Waals surface area contributed by atoms with Gasteiger partial charge in [0, 0.05) is 11.6 Å². The lowest BCUT2D eigenvalue weighted by Gasteiger charge is -2.23. The van der Waals surface area contributed by atoms with Crippen molar-refractivity contribution >= 4 is 46.3 Å². The Kier molecular flexibility index (Phi) is 6.96. The average Bonchev–Trinajstić information content (AvgIpc) is 2.96. The third-order valence-corrected chi connectivity index (χ3v) is 6.12. The van der Waals surface area contributed by atoms with E-state index in [0.29, 0.717) is 20.7 Å². The summed E-state index contributed by atoms with van der Waals surface area (Å²) < 4.78 is 16.4. The minimum atomic E-state index is -0.411. The Hall–Kier alpha value is -2.06. The molecule has 28 heavy (non-hydrogen) atoms. The van der Waals surface area contributed by atoms with Crippen LogP contribution < -0.4 is 9.47 Å². The van der Waals surface area contributed by atoms with E-state index in [4.69, 9.17) is 26.4 Å². The molecule has 0 aromatic heterocycles. The van der Waals surface area contributed by atoms with Gasteiger partial charge in [0.2, 0.25) is 0 Å². The Labute approximate surface area is 174 Å². The molecule has 8 heteroatoms. The average molecular weight is 422 g/mol. The van der Waals surface area contributed by atoms with E-state index >= 15 is 0 Å². The zero-order valence-corrected chi connectivity index (χ0v) is 17.6. The van der Waals surface area contributed by atoms with Gasteiger partial charge in [-0.15, -0.1) is 0 Å². The van der Waals surface area contributed by atoms with Crippen LogP contribution in [0, 0.1) is 0 Å². The summed E-state index contributed by atoms with van der Waals surface area (Å²) in [6.07, 6.45) is 6.78. The van der Waals surface area contributed by atoms with Crippen molar-refractivity contribution in [1.29, 1.82) is 0 Å². The second kappa shape index (κ2) is 9.43. The Morgan fingerprint density at radius 2 is 2.00 bits per heavy atom. The Balaban J connectivity index is 1.69. The summed E-state index contributed by atoms with van der Waals surface area (Å²) in [5.41, 5.74) is 0.730. The number of hydrogen-bond acceptors (Lipinski definition) is 7. The Morgan fingerprint density at radius 3 is 2.68 bits per heavy atom. The first kappa shape index (κ1) is 20.7. The van der Waals surface area contributed by atoms with Crippen molar-refractivity contribution in [3.05, 3.63) is 28.7 Å². The summed E-state index contributed by atoms with van der Waals surface area (Å²) in [6.45, 7) is -0.155. The molecule has 0 N–H and O–H groups in total. The van der Waals surface area contributed by atoms with Crippen LogP contribution >= 0.6 is 24.0 Å². The van der Waals surface area contributed by atoms with Gasteiger partial charge in [-0.05, 0) is 43.9 Å². The van der Waals surface area contributed by atoms with Gasteiger partial charge >= 0.3 is 5.97 Å². The summed E-state index contributed by atoms with van der Waals surface area (Å²) in [6, 6.07) is 5.34. The van der Waals surface area contributed by atoms with Crippen LogP contribution in [0.15, 0.2) is 23.1 Å². The van der Waals surface area contributed by atoms with E-state index in [2.05, 4.69) is 0 Å². The predicted molar refractivity (Wildman–Crippen MR) is 112 cm³/mol. The number of ether oxygens (including phenoxy) is 3. The maximum Gasteiger partial charge on any atom is 0.326 e. The molecule has 150 valence electrons. The van der Waals surface area contributed by atoms with Crippen molar-refractivity contribution in [3.63, 3.8) is 0 Å². The monoisotopic (exact) mass is 421 g/mol. The van der Waals surface area contributed by atoms with Gasteiger partial charge in [-0.2, -0.15) is 0 Å². The lowest BCUT2D eigenvalue weighted by Crippen LogP contribution is -2.36. The molecule has 3 rings (SSSR count). The predicted octanol–water partition coefficient (Wildman–Crippen LogP) is 3.78. The number of carbonyl (C=O) groups is 2. The number of thiocarbonyl (C=S) groups is 1. The number of hydrogen-bond donors (Lipinski definition) is 0. The molecular formula is C20H23NO5S2. The minimum absolute atomic E-state index is 0.0428. The van der Waals surface area contributed by atoms with E-state index in [9.17, 15) is 9.59 Å². The first-order valence-corrected chi connectivity index (χ1v) is 10.4. The molecule has 6 nitrogen and oxygen atoms in total. The number of rotatable bonds is 6. The first-order chi connectivity index (χ1) is 13.5. The molecule has 0 atom stereocenters. The second-order valence-electron chi connectivity index (χ2n) is 6.63. The van der Waals surface area contributed by atoms with Crippen LogP contribution in [0.4, 0.5) is 0 Å². The fraction of sp³-hybridized carbons (Fsp3) is 0.450. The Morgan fingerprint density at radius 1 is 1.25 bits per heavy atom. The zero-order chi connectivity index (χ0) is 20.1. The van der Waals surface area contributed by atoms with Crippen LogP contribution in [0.25, 0.3) is 6.08 Å². The topological polar surface area (TPSA) is 65.1 Å². The quantitative estimate of drug-likeness (QED) is 0.393. The second-order valence-corrected chi connectivity index (χ2v) is 8.30. The van der Waals surface area contributed by atoms with Crippen molar-refractivity contribution < 1.29 is 23.8 Å². The maximum absolute atomic E-state index is 12.7. The number of thioether (sulfide) groups is 1. The molecule has 1 amide bonds. The summed E-state index contributed by atoms with van der Waals surface area (Å²) in [5.74, 6) is 0.535. The molecule has 1 aromatic carbocycles. The van der Waals surface area contributed by atoms with Gasteiger partial charge in [0.1, 0.15) is 28.5 Å². The van der Waals surface area contributed by atoms with Gasteiger partial charge in [0.05, 0.1) is 19.1 Å². The minimum Gasteiger partial charge on any atom is -0.497 e. The molecule has 1 aromatic rings. The van der Waals surface area contributed by atoms with Gasteiger partial charge in [0.15, 0.2) is 0 Å². The molecule has 1 saturated heterocycles. The van der Waals surface area contributed by atoms with E-state index < -0.39 is 5.97 Å². The lowest BCUT2D eigenvalue weighted by molar-refractivity contribution is -0.152. The van der Waals surface area contributed by atoms with Crippen LogP contribution in [0.2, 0.25) is 0 Å². The number of benzene rings is 1. The number of carbonyl (C=O) groups excluding carboxylic acids is 2. The van der Waals surface area contributed by atoms with Gasteiger partial charge in [0.25, 0.3) is 5.91 Å². The van der Waals surface area contributed by atoms with Gasteiger partial charge in [-0.3, -0.25) is 14.5 Å². The van der Waals surface area contributed by atoms with Crippen LogP contribution in [-0.2, 0) is 14.3 Å². The number of methoxy groups -OCH3 is 2. The van der Waals surface area contributed by atoms with Crippen molar-refractivity contribution in [1.82, 2.24) is 4.90 Å². The summed E-state index contributed by atoms with van der Waals surface area (Å²) in [7, 11) is 3.13. The standard InChI is InChI=1S/C20H23NO5S2/c1-24-15-9-8-13(16(11-15)25-2)10-17-19(23)21(20(27)28-17)12-18(22)26-14-6-4-3-5-7-14/h8-11,14H,3-7,12H2,1-2H3/b17-10-.